The summed E-state index contributed by atoms with van der Waals surface area (Å²) in [6.07, 6.45) is 0.345. The number of carboxylic acids is 1. The van der Waals surface area contributed by atoms with Crippen LogP contribution in [0.4, 0.5) is 0 Å². The molecule has 4 nitrogen and oxygen atoms in total. The van der Waals surface area contributed by atoms with Crippen LogP contribution in [0.1, 0.15) is 5.56 Å². The van der Waals surface area contributed by atoms with Gasteiger partial charge in [0.2, 0.25) is 0 Å². The number of benzene rings is 3. The Labute approximate surface area is 163 Å². The van der Waals surface area contributed by atoms with Crippen LogP contribution in [0.15, 0.2) is 71.6 Å². The smallest absolute Gasteiger partial charge is 0.307 e. The Morgan fingerprint density at radius 1 is 1.00 bits per heavy atom. The highest BCUT2D eigenvalue weighted by Crippen LogP contribution is 2.38. The van der Waals surface area contributed by atoms with Crippen molar-refractivity contribution in [3.8, 4) is 5.75 Å². The van der Waals surface area contributed by atoms with Gasteiger partial charge in [0, 0.05) is 11.4 Å². The number of phenols is 1. The third-order valence-electron chi connectivity index (χ3n) is 4.59. The lowest BCUT2D eigenvalue weighted by atomic mass is 9.96. The Bertz CT molecular complexity index is 945. The van der Waals surface area contributed by atoms with E-state index < -0.39 is 26.0 Å². The first-order valence-corrected chi connectivity index (χ1v) is 10.8. The maximum Gasteiger partial charge on any atom is 0.307 e. The summed E-state index contributed by atoms with van der Waals surface area (Å²) in [7, 11) is -1.26. The molecule has 27 heavy (non-hydrogen) atoms. The van der Waals surface area contributed by atoms with E-state index in [1.807, 2.05) is 60.7 Å². The average Bonchev–Trinajstić information content (AvgIpc) is 2.69. The van der Waals surface area contributed by atoms with Crippen LogP contribution >= 0.6 is 20.2 Å². The molecule has 0 aliphatic heterocycles. The highest BCUT2D eigenvalue weighted by atomic mass is 32.2. The van der Waals surface area contributed by atoms with Crippen LogP contribution in [-0.4, -0.2) is 27.6 Å². The lowest BCUT2D eigenvalue weighted by Crippen LogP contribution is -2.28. The van der Waals surface area contributed by atoms with E-state index in [9.17, 15) is 19.6 Å². The molecule has 3 atom stereocenters. The van der Waals surface area contributed by atoms with Crippen molar-refractivity contribution < 1.29 is 19.6 Å². The van der Waals surface area contributed by atoms with Crippen LogP contribution in [0.3, 0.4) is 0 Å². The molecule has 6 heteroatoms. The Hall–Kier alpha value is -2.23. The third-order valence-corrected chi connectivity index (χ3v) is 7.25. The second-order valence-electron chi connectivity index (χ2n) is 6.38. The molecular weight excluding hydrogens is 379 g/mol. The first-order chi connectivity index (χ1) is 13.1. The van der Waals surface area contributed by atoms with Crippen molar-refractivity contribution in [1.29, 1.82) is 0 Å². The van der Waals surface area contributed by atoms with Gasteiger partial charge in [0.15, 0.2) is 0 Å². The molecule has 0 bridgehead atoms. The second kappa shape index (κ2) is 9.12. The predicted molar refractivity (Wildman–Crippen MR) is 112 cm³/mol. The number of fused-ring (bicyclic) bond motifs is 1. The number of carbonyl (C=O) groups is 1. The zero-order chi connectivity index (χ0) is 19.2. The minimum atomic E-state index is -1.26. The Balaban J connectivity index is 1.81. The fourth-order valence-electron chi connectivity index (χ4n) is 3.10. The summed E-state index contributed by atoms with van der Waals surface area (Å²) in [6.45, 7) is 0. The molecule has 0 aliphatic rings. The molecule has 0 aromatic heterocycles. The van der Waals surface area contributed by atoms with Gasteiger partial charge in [-0.2, -0.15) is 0 Å². The van der Waals surface area contributed by atoms with Gasteiger partial charge in [0.1, 0.15) is 5.75 Å². The van der Waals surface area contributed by atoms with Gasteiger partial charge in [0.25, 0.3) is 0 Å². The summed E-state index contributed by atoms with van der Waals surface area (Å²) in [5.74, 6) is -1.11. The van der Waals surface area contributed by atoms with E-state index in [2.05, 4.69) is 0 Å². The molecule has 0 saturated carbocycles. The topological polar surface area (TPSA) is 74.6 Å². The molecular formula is C21H21O4PS. The van der Waals surface area contributed by atoms with Crippen LogP contribution in [0.2, 0.25) is 0 Å². The molecule has 0 amide bonds. The van der Waals surface area contributed by atoms with Gasteiger partial charge >= 0.3 is 5.97 Å². The zero-order valence-corrected chi connectivity index (χ0v) is 16.6. The van der Waals surface area contributed by atoms with Crippen molar-refractivity contribution in [2.75, 3.05) is 5.75 Å². The van der Waals surface area contributed by atoms with Crippen molar-refractivity contribution in [2.45, 2.75) is 17.0 Å². The van der Waals surface area contributed by atoms with Crippen molar-refractivity contribution in [3.63, 3.8) is 0 Å². The van der Waals surface area contributed by atoms with Gasteiger partial charge in [0.05, 0.1) is 19.3 Å². The molecule has 0 saturated heterocycles. The van der Waals surface area contributed by atoms with Crippen molar-refractivity contribution >= 4 is 37.0 Å². The van der Waals surface area contributed by atoms with Gasteiger partial charge in [-0.25, -0.2) is 0 Å². The number of aromatic hydroxyl groups is 1. The highest BCUT2D eigenvalue weighted by molar-refractivity contribution is 7.99. The standard InChI is InChI=1S/C21H21O4PS/c22-18-11-10-15-8-4-5-9-16(15)20(18)27-13-19(26-25)17(21(23)24)12-14-6-2-1-3-7-14/h1-11,17,19,22H,12-13,26H2,(H,23,24). The summed E-state index contributed by atoms with van der Waals surface area (Å²) < 4.78 is 11.9. The number of rotatable bonds is 8. The summed E-state index contributed by atoms with van der Waals surface area (Å²) in [5.41, 5.74) is 0.465. The predicted octanol–water partition coefficient (Wildman–Crippen LogP) is 4.71. The number of phenolic OH excluding ortho intramolecular Hbond substituents is 1. The van der Waals surface area contributed by atoms with Crippen LogP contribution in [0.5, 0.6) is 5.75 Å². The van der Waals surface area contributed by atoms with E-state index in [1.165, 1.54) is 11.8 Å². The highest BCUT2D eigenvalue weighted by Gasteiger charge is 2.28. The summed E-state index contributed by atoms with van der Waals surface area (Å²) in [4.78, 5) is 12.5. The summed E-state index contributed by atoms with van der Waals surface area (Å²) in [6, 6.07) is 20.6. The van der Waals surface area contributed by atoms with Gasteiger partial charge in [-0.3, -0.25) is 4.79 Å². The van der Waals surface area contributed by atoms with Gasteiger partial charge in [-0.1, -0.05) is 60.7 Å². The summed E-state index contributed by atoms with van der Waals surface area (Å²) in [5, 5.41) is 21.9. The van der Waals surface area contributed by atoms with Gasteiger partial charge < -0.3 is 14.8 Å². The van der Waals surface area contributed by atoms with Crippen LogP contribution < -0.4 is 0 Å². The second-order valence-corrected chi connectivity index (χ2v) is 8.54. The molecule has 140 valence electrons. The molecule has 0 heterocycles. The minimum absolute atomic E-state index is 0.160. The molecule has 0 fully saturated rings. The third kappa shape index (κ3) is 4.74. The van der Waals surface area contributed by atoms with Crippen molar-refractivity contribution in [1.82, 2.24) is 0 Å². The van der Waals surface area contributed by atoms with Crippen molar-refractivity contribution in [2.24, 2.45) is 5.92 Å². The molecule has 3 aromatic rings. The first-order valence-electron chi connectivity index (χ1n) is 8.65. The number of aliphatic carboxylic acids is 1. The van der Waals surface area contributed by atoms with E-state index in [4.69, 9.17) is 0 Å². The Morgan fingerprint density at radius 2 is 1.70 bits per heavy atom. The SMILES string of the molecule is O=[PH2]C(CSc1c(O)ccc2ccccc12)C(Cc1ccccc1)C(=O)O. The molecule has 0 aliphatic carbocycles. The van der Waals surface area contributed by atoms with E-state index in [-0.39, 0.29) is 5.75 Å². The van der Waals surface area contributed by atoms with E-state index in [0.717, 1.165) is 16.3 Å². The van der Waals surface area contributed by atoms with E-state index in [0.29, 0.717) is 17.1 Å². The molecule has 3 aromatic carbocycles. The monoisotopic (exact) mass is 400 g/mol. The Kier molecular flexibility index (Phi) is 6.59. The molecule has 0 spiro atoms. The molecule has 3 unspecified atom stereocenters. The molecule has 3 rings (SSSR count). The normalized spacial score (nSPS) is 13.8. The Morgan fingerprint density at radius 3 is 2.41 bits per heavy atom. The van der Waals surface area contributed by atoms with Crippen molar-refractivity contribution in [3.05, 3.63) is 72.3 Å². The van der Waals surface area contributed by atoms with Gasteiger partial charge in [-0.05, 0) is 28.8 Å². The average molecular weight is 400 g/mol. The van der Waals surface area contributed by atoms with Crippen LogP contribution in [-0.2, 0) is 15.8 Å². The lowest BCUT2D eigenvalue weighted by Gasteiger charge is -2.20. The maximum absolute atomic E-state index is 11.9. The summed E-state index contributed by atoms with van der Waals surface area (Å²) >= 11 is 1.37. The number of hydrogen-bond donors (Lipinski definition) is 2. The fraction of sp³-hybridized carbons (Fsp3) is 0.190. The zero-order valence-electron chi connectivity index (χ0n) is 14.6. The quantitative estimate of drug-likeness (QED) is 0.423. The van der Waals surface area contributed by atoms with E-state index in [1.54, 1.807) is 6.07 Å². The largest absolute Gasteiger partial charge is 0.507 e. The number of carboxylic acid groups (broad SMARTS) is 1. The molecule has 2 N–H and O–H groups in total. The van der Waals surface area contributed by atoms with E-state index >= 15 is 0 Å². The van der Waals surface area contributed by atoms with Crippen LogP contribution in [0, 0.1) is 5.92 Å². The number of hydrogen-bond acceptors (Lipinski definition) is 4. The lowest BCUT2D eigenvalue weighted by molar-refractivity contribution is -0.141. The van der Waals surface area contributed by atoms with Crippen LogP contribution in [0.25, 0.3) is 10.8 Å². The fourth-order valence-corrected chi connectivity index (χ4v) is 5.34. The molecule has 0 radical (unpaired) electrons. The maximum atomic E-state index is 11.9. The number of thioether (sulfide) groups is 1. The minimum Gasteiger partial charge on any atom is -0.507 e. The van der Waals surface area contributed by atoms with Gasteiger partial charge in [-0.15, -0.1) is 11.8 Å². The first kappa shape index (κ1) is 19.5.